The lowest BCUT2D eigenvalue weighted by atomic mass is 10.1. The van der Waals surface area contributed by atoms with Gasteiger partial charge < -0.3 is 25.2 Å². The lowest BCUT2D eigenvalue weighted by Gasteiger charge is -2.20. The Balaban J connectivity index is 4.20. The van der Waals surface area contributed by atoms with Crippen LogP contribution in [-0.4, -0.2) is 60.5 Å². The summed E-state index contributed by atoms with van der Waals surface area (Å²) >= 11 is 0. The Morgan fingerprint density at radius 3 is 1.34 bits per heavy atom. The number of unbranched alkanes of at least 4 members (excludes halogenated alkanes) is 26. The Morgan fingerprint density at radius 2 is 0.887 bits per heavy atom. The van der Waals surface area contributed by atoms with Gasteiger partial charge in [0.05, 0.1) is 19.8 Å². The van der Waals surface area contributed by atoms with Crippen LogP contribution >= 0.6 is 7.82 Å². The minimum atomic E-state index is -4.63. The van der Waals surface area contributed by atoms with Crippen LogP contribution < -0.4 is 5.73 Å². The number of aliphatic carboxylic acids is 1. The zero-order valence-electron chi connectivity index (χ0n) is 39.7. The van der Waals surface area contributed by atoms with E-state index in [0.29, 0.717) is 13.0 Å². The van der Waals surface area contributed by atoms with Crippen LogP contribution in [0.1, 0.15) is 226 Å². The van der Waals surface area contributed by atoms with Crippen molar-refractivity contribution in [2.45, 2.75) is 238 Å². The van der Waals surface area contributed by atoms with Crippen molar-refractivity contribution in [2.24, 2.45) is 5.73 Å². The molecule has 0 fully saturated rings. The Bertz CT molecular complexity index is 1170. The summed E-state index contributed by atoms with van der Waals surface area (Å²) in [6, 6.07) is -1.48. The number of phosphoric acid groups is 1. The van der Waals surface area contributed by atoms with Gasteiger partial charge in [-0.1, -0.05) is 191 Å². The fourth-order valence-corrected chi connectivity index (χ4v) is 7.68. The molecule has 0 saturated heterocycles. The summed E-state index contributed by atoms with van der Waals surface area (Å²) < 4.78 is 33.5. The lowest BCUT2D eigenvalue weighted by molar-refractivity contribution is -0.154. The fourth-order valence-electron chi connectivity index (χ4n) is 6.90. The van der Waals surface area contributed by atoms with E-state index in [4.69, 9.17) is 29.4 Å². The molecule has 0 rings (SSSR count). The quantitative estimate of drug-likeness (QED) is 0.0233. The van der Waals surface area contributed by atoms with Gasteiger partial charge >= 0.3 is 19.8 Å². The minimum absolute atomic E-state index is 0.00919. The molecule has 0 radical (unpaired) electrons. The van der Waals surface area contributed by atoms with Gasteiger partial charge in [0.1, 0.15) is 12.1 Å². The first-order valence-corrected chi connectivity index (χ1v) is 26.7. The van der Waals surface area contributed by atoms with Crippen LogP contribution in [0.25, 0.3) is 0 Å². The molecule has 0 bridgehead atoms. The first kappa shape index (κ1) is 59.9. The number of allylic oxidation sites excluding steroid dienone is 8. The number of carbonyl (C=O) groups is 2. The third kappa shape index (κ3) is 45.9. The average Bonchev–Trinajstić information content (AvgIpc) is 3.25. The third-order valence-electron chi connectivity index (χ3n) is 10.8. The number of phosphoric ester groups is 1. The van der Waals surface area contributed by atoms with Crippen molar-refractivity contribution < 1.29 is 42.7 Å². The number of carboxylic acid groups (broad SMARTS) is 1. The first-order chi connectivity index (χ1) is 30.2. The summed E-state index contributed by atoms with van der Waals surface area (Å²) in [5.41, 5.74) is 5.37. The average molecular weight is 896 g/mol. The monoisotopic (exact) mass is 896 g/mol. The summed E-state index contributed by atoms with van der Waals surface area (Å²) in [5, 5.41) is 8.92. The molecule has 4 N–H and O–H groups in total. The number of carbonyl (C=O) groups excluding carboxylic acids is 1. The smallest absolute Gasteiger partial charge is 0.472 e. The number of ether oxygens (including phenoxy) is 2. The Labute approximate surface area is 379 Å². The van der Waals surface area contributed by atoms with E-state index < -0.39 is 45.1 Å². The van der Waals surface area contributed by atoms with E-state index in [-0.39, 0.29) is 13.0 Å². The van der Waals surface area contributed by atoms with Gasteiger partial charge in [-0.15, -0.1) is 0 Å². The van der Waals surface area contributed by atoms with Crippen LogP contribution in [0, 0.1) is 0 Å². The SMILES string of the molecule is CCCCCCC/C=C\C/C=C\C/C=C\CCCCCCCCC(=O)OC(COCCCCCCCCCC/C=C\CCCCCCCCC)COP(=O)(O)OCC(N)C(=O)O. The van der Waals surface area contributed by atoms with Crippen LogP contribution in [0.5, 0.6) is 0 Å². The second-order valence-corrected chi connectivity index (χ2v) is 18.4. The molecule has 3 unspecified atom stereocenters. The molecule has 0 amide bonds. The molecule has 62 heavy (non-hydrogen) atoms. The van der Waals surface area contributed by atoms with Gasteiger partial charge in [0, 0.05) is 13.0 Å². The summed E-state index contributed by atoms with van der Waals surface area (Å²) in [4.78, 5) is 33.7. The van der Waals surface area contributed by atoms with Gasteiger partial charge in [0.25, 0.3) is 0 Å². The van der Waals surface area contributed by atoms with Crippen LogP contribution in [0.15, 0.2) is 48.6 Å². The van der Waals surface area contributed by atoms with Gasteiger partial charge in [0.2, 0.25) is 0 Å². The van der Waals surface area contributed by atoms with E-state index in [0.717, 1.165) is 70.6 Å². The summed E-state index contributed by atoms with van der Waals surface area (Å²) in [6.45, 7) is 3.87. The fraction of sp³-hybridized carbons (Fsp3) is 0.804. The summed E-state index contributed by atoms with van der Waals surface area (Å²) in [5.74, 6) is -1.79. The number of nitrogens with two attached hydrogens (primary N) is 1. The highest BCUT2D eigenvalue weighted by molar-refractivity contribution is 7.47. The normalized spacial score (nSPS) is 14.1. The number of rotatable bonds is 48. The summed E-state index contributed by atoms with van der Waals surface area (Å²) in [6.07, 6.45) is 55.9. The maximum atomic E-state index is 12.7. The van der Waals surface area contributed by atoms with Gasteiger partial charge in [-0.3, -0.25) is 18.6 Å². The van der Waals surface area contributed by atoms with Crippen molar-refractivity contribution >= 4 is 19.8 Å². The van der Waals surface area contributed by atoms with Gasteiger partial charge in [-0.25, -0.2) is 4.57 Å². The molecule has 0 saturated carbocycles. The van der Waals surface area contributed by atoms with E-state index in [1.807, 2.05) is 0 Å². The first-order valence-electron chi connectivity index (χ1n) is 25.2. The van der Waals surface area contributed by atoms with Gasteiger partial charge in [-0.05, 0) is 77.0 Å². The molecule has 0 aromatic rings. The third-order valence-corrected chi connectivity index (χ3v) is 11.8. The van der Waals surface area contributed by atoms with E-state index in [2.05, 4.69) is 62.5 Å². The maximum absolute atomic E-state index is 12.7. The summed E-state index contributed by atoms with van der Waals surface area (Å²) in [7, 11) is -4.63. The highest BCUT2D eigenvalue weighted by Gasteiger charge is 2.27. The molecule has 10 nitrogen and oxygen atoms in total. The molecule has 0 aromatic carbocycles. The van der Waals surface area contributed by atoms with E-state index in [1.165, 1.54) is 128 Å². The predicted octanol–water partition coefficient (Wildman–Crippen LogP) is 14.6. The molecule has 0 aliphatic heterocycles. The molecule has 362 valence electrons. The lowest BCUT2D eigenvalue weighted by Crippen LogP contribution is -2.34. The largest absolute Gasteiger partial charge is 0.480 e. The van der Waals surface area contributed by atoms with E-state index in [1.54, 1.807) is 0 Å². The molecular weight excluding hydrogens is 802 g/mol. The van der Waals surface area contributed by atoms with Crippen molar-refractivity contribution in [3.8, 4) is 0 Å². The van der Waals surface area contributed by atoms with Crippen molar-refractivity contribution in [1.29, 1.82) is 0 Å². The Kier molecular flexibility index (Phi) is 45.3. The zero-order valence-corrected chi connectivity index (χ0v) is 40.6. The second-order valence-electron chi connectivity index (χ2n) is 16.9. The topological polar surface area (TPSA) is 155 Å². The van der Waals surface area contributed by atoms with Crippen LogP contribution in [-0.2, 0) is 32.7 Å². The Hall–Kier alpha value is -2.07. The molecule has 0 heterocycles. The number of carboxylic acids is 1. The molecule has 0 aliphatic carbocycles. The van der Waals surface area contributed by atoms with E-state index in [9.17, 15) is 19.0 Å². The molecule has 0 aromatic heterocycles. The number of hydrogen-bond acceptors (Lipinski definition) is 8. The van der Waals surface area contributed by atoms with Crippen LogP contribution in [0.2, 0.25) is 0 Å². The molecule has 0 aliphatic rings. The van der Waals surface area contributed by atoms with Gasteiger partial charge in [-0.2, -0.15) is 0 Å². The highest BCUT2D eigenvalue weighted by atomic mass is 31.2. The second kappa shape index (κ2) is 46.9. The molecular formula is C51H94NO9P. The van der Waals surface area contributed by atoms with Crippen LogP contribution in [0.4, 0.5) is 0 Å². The van der Waals surface area contributed by atoms with Crippen molar-refractivity contribution in [3.05, 3.63) is 48.6 Å². The zero-order chi connectivity index (χ0) is 45.5. The van der Waals surface area contributed by atoms with Crippen molar-refractivity contribution in [1.82, 2.24) is 0 Å². The van der Waals surface area contributed by atoms with Crippen molar-refractivity contribution in [2.75, 3.05) is 26.4 Å². The predicted molar refractivity (Wildman–Crippen MR) is 258 cm³/mol. The number of esters is 1. The maximum Gasteiger partial charge on any atom is 0.472 e. The minimum Gasteiger partial charge on any atom is -0.480 e. The molecule has 3 atom stereocenters. The van der Waals surface area contributed by atoms with Crippen molar-refractivity contribution in [3.63, 3.8) is 0 Å². The van der Waals surface area contributed by atoms with E-state index >= 15 is 0 Å². The van der Waals surface area contributed by atoms with Gasteiger partial charge in [0.15, 0.2) is 0 Å². The number of hydrogen-bond donors (Lipinski definition) is 3. The highest BCUT2D eigenvalue weighted by Crippen LogP contribution is 2.43. The molecule has 11 heteroatoms. The standard InChI is InChI=1S/C51H94NO9P/c1-3-5-7-9-11-13-15-17-19-21-23-24-25-27-29-31-33-35-37-39-41-43-50(53)61-48(46-59-62(56,57)60-47-49(52)51(54)55)45-58-44-42-40-38-36-34-32-30-28-26-22-20-18-16-14-12-10-8-6-4-2/h15,17,20-23,25,27,48-49H,3-14,16,18-19,24,26,28-47,52H2,1-2H3,(H,54,55)(H,56,57)/b17-15-,22-20-,23-21-,27-25-. The van der Waals surface area contributed by atoms with Crippen LogP contribution in [0.3, 0.4) is 0 Å². The Morgan fingerprint density at radius 1 is 0.516 bits per heavy atom. The molecule has 0 spiro atoms.